The van der Waals surface area contributed by atoms with Crippen molar-refractivity contribution in [1.82, 2.24) is 10.3 Å². The summed E-state index contributed by atoms with van der Waals surface area (Å²) < 4.78 is 18.8. The first kappa shape index (κ1) is 23.5. The Hall–Kier alpha value is -3.64. The van der Waals surface area contributed by atoms with Crippen molar-refractivity contribution < 1.29 is 28.7 Å². The summed E-state index contributed by atoms with van der Waals surface area (Å²) in [4.78, 5) is 38.3. The maximum absolute atomic E-state index is 13.6. The molecule has 3 aromatic rings. The van der Waals surface area contributed by atoms with Crippen LogP contribution in [0.5, 0.6) is 5.75 Å². The predicted molar refractivity (Wildman–Crippen MR) is 123 cm³/mol. The molecule has 1 amide bonds. The van der Waals surface area contributed by atoms with Crippen LogP contribution in [0.1, 0.15) is 11.1 Å². The summed E-state index contributed by atoms with van der Waals surface area (Å²) in [6, 6.07) is 15.0. The Morgan fingerprint density at radius 1 is 1.18 bits per heavy atom. The second-order valence-electron chi connectivity index (χ2n) is 7.16. The smallest absolute Gasteiger partial charge is 0.341 e. The Bertz CT molecular complexity index is 1240. The molecule has 0 unspecified atom stereocenters. The summed E-state index contributed by atoms with van der Waals surface area (Å²) in [7, 11) is 2.12. The van der Waals surface area contributed by atoms with Crippen LogP contribution in [-0.4, -0.2) is 38.7 Å². The van der Waals surface area contributed by atoms with Crippen LogP contribution in [0, 0.1) is 15.9 Å². The van der Waals surface area contributed by atoms with Gasteiger partial charge in [-0.25, -0.2) is 14.2 Å². The number of halogens is 1. The summed E-state index contributed by atoms with van der Waals surface area (Å²) >= 11 is 0. The largest absolute Gasteiger partial charge is 0.482 e. The van der Waals surface area contributed by atoms with Crippen LogP contribution in [0.2, 0.25) is 0 Å². The van der Waals surface area contributed by atoms with Gasteiger partial charge in [-0.1, -0.05) is 35.1 Å². The van der Waals surface area contributed by atoms with E-state index in [9.17, 15) is 24.1 Å². The molecule has 1 aliphatic heterocycles. The second kappa shape index (κ2) is 9.69. The molecular weight excluding hydrogens is 485 g/mol. The first-order valence-corrected chi connectivity index (χ1v) is 12.0. The van der Waals surface area contributed by atoms with Crippen molar-refractivity contribution in [3.8, 4) is 5.75 Å². The van der Waals surface area contributed by atoms with Crippen LogP contribution in [0.3, 0.4) is 0 Å². The van der Waals surface area contributed by atoms with E-state index in [2.05, 4.69) is 10.3 Å². The lowest BCUT2D eigenvalue weighted by molar-refractivity contribution is -0.388. The zero-order valence-electron chi connectivity index (χ0n) is 17.2. The van der Waals surface area contributed by atoms with Crippen LogP contribution in [0.25, 0.3) is 0 Å². The van der Waals surface area contributed by atoms with Gasteiger partial charge >= 0.3 is 11.7 Å². The standard InChI is InChI=1S/C22H16FN3O6S2/c23-15-7-3-13(4-8-15)22(14-5-9-16(10-6-14)32-12-18(27)28)19(20(29)25-22)33-34-21-17(26(30)31)2-1-11-24-21/h1-11,19H,12H2,(H,25,29)(H,27,28)/t19-,22-/m0/s1. The molecule has 1 aromatic heterocycles. The molecule has 1 fully saturated rings. The Balaban J connectivity index is 1.67. The fourth-order valence-electron chi connectivity index (χ4n) is 3.53. The summed E-state index contributed by atoms with van der Waals surface area (Å²) in [6.45, 7) is -0.503. The van der Waals surface area contributed by atoms with Crippen LogP contribution in [0.15, 0.2) is 71.9 Å². The summed E-state index contributed by atoms with van der Waals surface area (Å²) in [6.07, 6.45) is 1.43. The fraction of sp³-hybridized carbons (Fsp3) is 0.136. The van der Waals surface area contributed by atoms with E-state index in [1.165, 1.54) is 30.5 Å². The van der Waals surface area contributed by atoms with Crippen LogP contribution >= 0.6 is 21.6 Å². The number of rotatable bonds is 9. The van der Waals surface area contributed by atoms with Gasteiger partial charge in [-0.2, -0.15) is 0 Å². The fourth-order valence-corrected chi connectivity index (χ4v) is 6.31. The van der Waals surface area contributed by atoms with Gasteiger partial charge in [0.05, 0.1) is 4.92 Å². The third kappa shape index (κ3) is 4.54. The zero-order valence-corrected chi connectivity index (χ0v) is 18.8. The summed E-state index contributed by atoms with van der Waals surface area (Å²) in [5, 5.41) is 22.5. The van der Waals surface area contributed by atoms with Crippen molar-refractivity contribution in [2.75, 3.05) is 6.61 Å². The third-order valence-corrected chi connectivity index (χ3v) is 7.76. The number of hydrogen-bond acceptors (Lipinski definition) is 8. The second-order valence-corrected chi connectivity index (χ2v) is 9.45. The number of hydrogen-bond donors (Lipinski definition) is 2. The lowest BCUT2D eigenvalue weighted by Gasteiger charge is -2.49. The number of amides is 1. The molecular formula is C22H16FN3O6S2. The molecule has 9 nitrogen and oxygen atoms in total. The van der Waals surface area contributed by atoms with Crippen molar-refractivity contribution in [1.29, 1.82) is 0 Å². The monoisotopic (exact) mass is 501 g/mol. The number of carboxylic acid groups (broad SMARTS) is 1. The molecule has 2 N–H and O–H groups in total. The minimum Gasteiger partial charge on any atom is -0.482 e. The van der Waals surface area contributed by atoms with E-state index in [0.29, 0.717) is 16.9 Å². The molecule has 2 atom stereocenters. The van der Waals surface area contributed by atoms with E-state index >= 15 is 0 Å². The maximum atomic E-state index is 13.6. The van der Waals surface area contributed by atoms with E-state index in [1.54, 1.807) is 36.4 Å². The number of nitro groups is 1. The molecule has 2 heterocycles. The van der Waals surface area contributed by atoms with Crippen molar-refractivity contribution in [2.45, 2.75) is 15.8 Å². The number of carbonyl (C=O) groups excluding carboxylic acids is 1. The highest BCUT2D eigenvalue weighted by atomic mass is 33.1. The molecule has 174 valence electrons. The number of nitrogens with one attached hydrogen (secondary N) is 1. The average Bonchev–Trinajstić information content (AvgIpc) is 2.82. The third-order valence-electron chi connectivity index (χ3n) is 5.09. The highest BCUT2D eigenvalue weighted by molar-refractivity contribution is 8.77. The molecule has 2 aromatic carbocycles. The Morgan fingerprint density at radius 2 is 1.82 bits per heavy atom. The highest BCUT2D eigenvalue weighted by Gasteiger charge is 2.56. The number of pyridine rings is 1. The molecule has 12 heteroatoms. The summed E-state index contributed by atoms with van der Waals surface area (Å²) in [5.74, 6) is -1.53. The van der Waals surface area contributed by atoms with Gasteiger partial charge in [0.2, 0.25) is 5.91 Å². The SMILES string of the molecule is O=C(O)COc1ccc([C@]2(c3ccc(F)cc3)NC(=O)[C@@H]2SSc2ncccc2[N+](=O)[O-])cc1. The lowest BCUT2D eigenvalue weighted by atomic mass is 9.74. The number of aliphatic carboxylic acids is 1. The number of aromatic nitrogens is 1. The van der Waals surface area contributed by atoms with E-state index in [4.69, 9.17) is 9.84 Å². The number of carboxylic acids is 1. The number of nitrogens with zero attached hydrogens (tertiary/aromatic N) is 2. The van der Waals surface area contributed by atoms with Gasteiger partial charge in [0, 0.05) is 12.3 Å². The van der Waals surface area contributed by atoms with Crippen LogP contribution < -0.4 is 10.1 Å². The first-order chi connectivity index (χ1) is 16.3. The van der Waals surface area contributed by atoms with Gasteiger partial charge < -0.3 is 15.2 Å². The average molecular weight is 502 g/mol. The molecule has 0 spiro atoms. The molecule has 34 heavy (non-hydrogen) atoms. The summed E-state index contributed by atoms with van der Waals surface area (Å²) in [5.41, 5.74) is 0.0283. The van der Waals surface area contributed by atoms with Crippen LogP contribution in [0.4, 0.5) is 10.1 Å². The Kier molecular flexibility index (Phi) is 6.70. The first-order valence-electron chi connectivity index (χ1n) is 9.77. The van der Waals surface area contributed by atoms with Gasteiger partial charge in [0.15, 0.2) is 11.6 Å². The molecule has 0 saturated carbocycles. The molecule has 1 saturated heterocycles. The quantitative estimate of drug-likeness (QED) is 0.195. The maximum Gasteiger partial charge on any atom is 0.341 e. The molecule has 0 aliphatic carbocycles. The van der Waals surface area contributed by atoms with Gasteiger partial charge in [0.25, 0.3) is 0 Å². The normalized spacial score (nSPS) is 19.1. The van der Waals surface area contributed by atoms with Gasteiger partial charge in [-0.05, 0) is 52.3 Å². The van der Waals surface area contributed by atoms with E-state index in [0.717, 1.165) is 21.6 Å². The zero-order chi connectivity index (χ0) is 24.3. The minimum absolute atomic E-state index is 0.155. The van der Waals surface area contributed by atoms with Gasteiger partial charge in [0.1, 0.15) is 22.4 Å². The van der Waals surface area contributed by atoms with E-state index in [-0.39, 0.29) is 16.6 Å². The number of carbonyl (C=O) groups is 2. The molecule has 4 rings (SSSR count). The number of benzene rings is 2. The van der Waals surface area contributed by atoms with Gasteiger partial charge in [-0.3, -0.25) is 14.9 Å². The van der Waals surface area contributed by atoms with Crippen molar-refractivity contribution >= 4 is 39.2 Å². The van der Waals surface area contributed by atoms with E-state index in [1.807, 2.05) is 0 Å². The topological polar surface area (TPSA) is 132 Å². The molecule has 0 radical (unpaired) electrons. The lowest BCUT2D eigenvalue weighted by Crippen LogP contribution is -2.69. The highest BCUT2D eigenvalue weighted by Crippen LogP contribution is 2.51. The van der Waals surface area contributed by atoms with Crippen molar-refractivity contribution in [3.05, 3.63) is 93.9 Å². The number of ether oxygens (including phenoxy) is 1. The molecule has 0 bridgehead atoms. The van der Waals surface area contributed by atoms with Gasteiger partial charge in [-0.15, -0.1) is 0 Å². The van der Waals surface area contributed by atoms with Crippen molar-refractivity contribution in [2.24, 2.45) is 0 Å². The van der Waals surface area contributed by atoms with Crippen LogP contribution in [-0.2, 0) is 15.1 Å². The Labute approximate surface area is 200 Å². The minimum atomic E-state index is -1.12. The number of β-lactam (4-membered cyclic amide) rings is 1. The molecule has 1 aliphatic rings. The van der Waals surface area contributed by atoms with Crippen molar-refractivity contribution in [3.63, 3.8) is 0 Å². The predicted octanol–water partition coefficient (Wildman–Crippen LogP) is 3.77. The Morgan fingerprint density at radius 3 is 2.41 bits per heavy atom. The van der Waals surface area contributed by atoms with E-state index < -0.39 is 34.1 Å².